The topological polar surface area (TPSA) is 136 Å². The zero-order chi connectivity index (χ0) is 22.6. The number of rotatable bonds is 5. The Labute approximate surface area is 176 Å². The number of benzene rings is 2. The van der Waals surface area contributed by atoms with Crippen LogP contribution < -0.4 is 9.64 Å². The lowest BCUT2D eigenvalue weighted by molar-refractivity contribution is -0.395. The molecule has 0 amide bonds. The first kappa shape index (κ1) is 20.3. The Balaban J connectivity index is 1.92. The van der Waals surface area contributed by atoms with Gasteiger partial charge in [0.1, 0.15) is 0 Å². The van der Waals surface area contributed by atoms with Gasteiger partial charge in [-0.05, 0) is 37.6 Å². The molecule has 1 N–H and O–H groups in total. The molecule has 0 aliphatic carbocycles. The minimum Gasteiger partial charge on any atom is -0.481 e. The molecule has 0 saturated heterocycles. The summed E-state index contributed by atoms with van der Waals surface area (Å²) in [5, 5.41) is 32.2. The number of non-ortho nitro benzene ring substituents is 1. The first-order valence-corrected chi connectivity index (χ1v) is 9.52. The third kappa shape index (κ3) is 2.90. The van der Waals surface area contributed by atoms with Gasteiger partial charge in [0.25, 0.3) is 5.69 Å². The highest BCUT2D eigenvalue weighted by molar-refractivity contribution is 5.77. The summed E-state index contributed by atoms with van der Waals surface area (Å²) in [6, 6.07) is 9.56. The van der Waals surface area contributed by atoms with Crippen molar-refractivity contribution in [2.75, 3.05) is 11.4 Å². The van der Waals surface area contributed by atoms with E-state index >= 15 is 0 Å². The first-order valence-electron chi connectivity index (χ1n) is 9.52. The van der Waals surface area contributed by atoms with Gasteiger partial charge < -0.3 is 14.7 Å². The van der Waals surface area contributed by atoms with Gasteiger partial charge in [0, 0.05) is 23.9 Å². The van der Waals surface area contributed by atoms with Gasteiger partial charge in [-0.3, -0.25) is 25.0 Å². The summed E-state index contributed by atoms with van der Waals surface area (Å²) in [5.74, 6) is -1.07. The smallest absolute Gasteiger partial charge is 0.318 e. The maximum Gasteiger partial charge on any atom is 0.318 e. The summed E-state index contributed by atoms with van der Waals surface area (Å²) in [7, 11) is 0. The van der Waals surface area contributed by atoms with E-state index in [-0.39, 0.29) is 24.3 Å². The fourth-order valence-electron chi connectivity index (χ4n) is 4.41. The highest BCUT2D eigenvalue weighted by Crippen LogP contribution is 2.56. The van der Waals surface area contributed by atoms with E-state index in [0.29, 0.717) is 0 Å². The van der Waals surface area contributed by atoms with Gasteiger partial charge >= 0.3 is 11.7 Å². The number of ether oxygens (including phenoxy) is 1. The van der Waals surface area contributed by atoms with E-state index in [1.54, 1.807) is 17.1 Å². The summed E-state index contributed by atoms with van der Waals surface area (Å²) >= 11 is 0. The van der Waals surface area contributed by atoms with Crippen LogP contribution >= 0.6 is 0 Å². The second kappa shape index (κ2) is 6.79. The van der Waals surface area contributed by atoms with Crippen LogP contribution in [0.15, 0.2) is 42.5 Å². The number of para-hydroxylation sites is 1. The monoisotopic (exact) mass is 425 g/mol. The predicted octanol–water partition coefficient (Wildman–Crippen LogP) is 3.88. The largest absolute Gasteiger partial charge is 0.481 e. The van der Waals surface area contributed by atoms with Gasteiger partial charge in [-0.1, -0.05) is 18.2 Å². The molecule has 1 spiro atoms. The van der Waals surface area contributed by atoms with Crippen molar-refractivity contribution in [3.8, 4) is 5.75 Å². The van der Waals surface area contributed by atoms with Crippen molar-refractivity contribution in [2.24, 2.45) is 0 Å². The number of aliphatic carboxylic acids is 1. The number of carbonyl (C=O) groups is 1. The van der Waals surface area contributed by atoms with Crippen molar-refractivity contribution in [1.29, 1.82) is 0 Å². The molecule has 1 unspecified atom stereocenters. The molecule has 0 saturated carbocycles. The van der Waals surface area contributed by atoms with Gasteiger partial charge in [0.05, 0.1) is 27.7 Å². The average molecular weight is 425 g/mol. The van der Waals surface area contributed by atoms with Crippen LogP contribution in [0.3, 0.4) is 0 Å². The standard InChI is InChI=1S/C21H19N3O7/c1-20(2)15-5-3-4-6-16(15)22(10-8-18(25)26)21(20)9-7-13-11-14(23(27)28)12-17(24(29)30)19(13)31-21/h3-7,9,11-12H,8,10H2,1-2H3,(H,25,26). The maximum atomic E-state index is 11.7. The molecule has 160 valence electrons. The van der Waals surface area contributed by atoms with Gasteiger partial charge in [-0.15, -0.1) is 0 Å². The Morgan fingerprint density at radius 3 is 2.52 bits per heavy atom. The second-order valence-electron chi connectivity index (χ2n) is 7.97. The Bertz CT molecular complexity index is 1160. The Morgan fingerprint density at radius 2 is 1.87 bits per heavy atom. The minimum atomic E-state index is -1.25. The fraction of sp³-hybridized carbons (Fsp3) is 0.286. The molecular formula is C21H19N3O7. The Kier molecular flexibility index (Phi) is 4.46. The number of hydrogen-bond acceptors (Lipinski definition) is 7. The molecule has 0 radical (unpaired) electrons. The van der Waals surface area contributed by atoms with Gasteiger partial charge in [-0.2, -0.15) is 0 Å². The van der Waals surface area contributed by atoms with Crippen molar-refractivity contribution in [1.82, 2.24) is 0 Å². The summed E-state index contributed by atoms with van der Waals surface area (Å²) in [6.07, 6.45) is 3.10. The van der Waals surface area contributed by atoms with Crippen LogP contribution in [0.4, 0.5) is 17.1 Å². The van der Waals surface area contributed by atoms with Crippen LogP contribution in [0.2, 0.25) is 0 Å². The molecule has 0 bridgehead atoms. The highest BCUT2D eigenvalue weighted by Gasteiger charge is 2.59. The number of nitrogens with zero attached hydrogens (tertiary/aromatic N) is 3. The molecule has 0 fully saturated rings. The van der Waals surface area contributed by atoms with Crippen molar-refractivity contribution in [3.63, 3.8) is 0 Å². The Hall–Kier alpha value is -3.95. The first-order chi connectivity index (χ1) is 14.6. The molecule has 1 atom stereocenters. The Morgan fingerprint density at radius 1 is 1.16 bits per heavy atom. The molecule has 4 rings (SSSR count). The molecule has 2 aromatic carbocycles. The van der Waals surface area contributed by atoms with Crippen molar-refractivity contribution < 1.29 is 24.5 Å². The molecule has 31 heavy (non-hydrogen) atoms. The zero-order valence-electron chi connectivity index (χ0n) is 16.8. The average Bonchev–Trinajstić information content (AvgIpc) is 2.89. The summed E-state index contributed by atoms with van der Waals surface area (Å²) in [4.78, 5) is 34.6. The lowest BCUT2D eigenvalue weighted by Crippen LogP contribution is -2.60. The third-order valence-electron chi connectivity index (χ3n) is 5.95. The molecule has 2 aliphatic heterocycles. The fourth-order valence-corrected chi connectivity index (χ4v) is 4.41. The van der Waals surface area contributed by atoms with E-state index in [9.17, 15) is 30.1 Å². The molecule has 2 aromatic rings. The van der Waals surface area contributed by atoms with E-state index in [2.05, 4.69) is 0 Å². The van der Waals surface area contributed by atoms with Crippen molar-refractivity contribution in [3.05, 3.63) is 73.8 Å². The van der Waals surface area contributed by atoms with Gasteiger partial charge in [0.2, 0.25) is 11.5 Å². The number of fused-ring (bicyclic) bond motifs is 2. The van der Waals surface area contributed by atoms with Crippen LogP contribution in [-0.2, 0) is 10.2 Å². The summed E-state index contributed by atoms with van der Waals surface area (Å²) in [6.45, 7) is 3.94. The van der Waals surface area contributed by atoms with Gasteiger partial charge in [-0.25, -0.2) is 0 Å². The van der Waals surface area contributed by atoms with E-state index in [0.717, 1.165) is 17.3 Å². The summed E-state index contributed by atoms with van der Waals surface area (Å²) < 4.78 is 6.33. The van der Waals surface area contributed by atoms with Crippen molar-refractivity contribution >= 4 is 29.1 Å². The van der Waals surface area contributed by atoms with Crippen LogP contribution in [0.1, 0.15) is 31.4 Å². The normalized spacial score (nSPS) is 20.1. The van der Waals surface area contributed by atoms with E-state index in [4.69, 9.17) is 4.74 Å². The number of carboxylic acid groups (broad SMARTS) is 1. The van der Waals surface area contributed by atoms with E-state index in [1.165, 1.54) is 6.07 Å². The molecule has 10 heteroatoms. The number of nitro groups is 2. The number of anilines is 1. The zero-order valence-corrected chi connectivity index (χ0v) is 16.8. The molecule has 2 aliphatic rings. The second-order valence-corrected chi connectivity index (χ2v) is 7.97. The van der Waals surface area contributed by atoms with Crippen LogP contribution in [0, 0.1) is 20.2 Å². The van der Waals surface area contributed by atoms with Gasteiger partial charge in [0.15, 0.2) is 0 Å². The van der Waals surface area contributed by atoms with Crippen LogP contribution in [0.25, 0.3) is 6.08 Å². The number of hydrogen-bond donors (Lipinski definition) is 1. The molecular weight excluding hydrogens is 406 g/mol. The predicted molar refractivity (Wildman–Crippen MR) is 111 cm³/mol. The minimum absolute atomic E-state index is 0.0840. The SMILES string of the molecule is CC1(C)c2ccccc2N(CCC(=O)O)C12C=Cc1cc([N+](=O)[O-])cc([N+](=O)[O-])c1O2. The molecule has 2 heterocycles. The highest BCUT2D eigenvalue weighted by atomic mass is 16.6. The lowest BCUT2D eigenvalue weighted by Gasteiger charge is -2.46. The molecule has 10 nitrogen and oxygen atoms in total. The number of carboxylic acids is 1. The maximum absolute atomic E-state index is 11.7. The third-order valence-corrected chi connectivity index (χ3v) is 5.95. The van der Waals surface area contributed by atoms with E-state index in [1.807, 2.05) is 38.1 Å². The van der Waals surface area contributed by atoms with Crippen LogP contribution in [-0.4, -0.2) is 33.2 Å². The summed E-state index contributed by atoms with van der Waals surface area (Å²) in [5.41, 5.74) is -1.00. The molecule has 0 aromatic heterocycles. The van der Waals surface area contributed by atoms with Crippen molar-refractivity contribution in [2.45, 2.75) is 31.4 Å². The quantitative estimate of drug-likeness (QED) is 0.563. The number of nitro benzene ring substituents is 2. The van der Waals surface area contributed by atoms with Crippen LogP contribution in [0.5, 0.6) is 5.75 Å². The lowest BCUT2D eigenvalue weighted by atomic mass is 9.76. The van der Waals surface area contributed by atoms with E-state index < -0.39 is 38.3 Å².